The van der Waals surface area contributed by atoms with Gasteiger partial charge in [0.25, 0.3) is 0 Å². The smallest absolute Gasteiger partial charge is 0.213 e. The largest absolute Gasteiger partial charge is 0.439 e. The van der Waals surface area contributed by atoms with E-state index in [0.717, 1.165) is 72.8 Å². The first-order valence-electron chi connectivity index (χ1n) is 26.6. The molecule has 76 heavy (non-hydrogen) atoms. The Labute approximate surface area is 443 Å². The summed E-state index contributed by atoms with van der Waals surface area (Å²) in [7, 11) is 0. The molecule has 14 aromatic rings. The lowest BCUT2D eigenvalue weighted by Gasteiger charge is -2.26. The van der Waals surface area contributed by atoms with E-state index in [1.165, 1.54) is 65.9 Å². The summed E-state index contributed by atoms with van der Waals surface area (Å²) in [5, 5.41) is 8.16. The maximum atomic E-state index is 7.18. The second-order valence-corrected chi connectivity index (χ2v) is 20.9. The molecule has 0 unspecified atom stereocenters. The van der Waals surface area contributed by atoms with Gasteiger partial charge in [0.15, 0.2) is 0 Å². The van der Waals surface area contributed by atoms with Crippen LogP contribution < -0.4 is 9.80 Å². The summed E-state index contributed by atoms with van der Waals surface area (Å²) in [5.41, 5.74) is 20.2. The van der Waals surface area contributed by atoms with Crippen LogP contribution in [0.5, 0.6) is 0 Å². The Morgan fingerprint density at radius 2 is 0.763 bits per heavy atom. The Hall–Kier alpha value is -9.38. The predicted molar refractivity (Wildman–Crippen MR) is 322 cm³/mol. The minimum atomic E-state index is 0.426. The van der Waals surface area contributed by atoms with Gasteiger partial charge in [0.05, 0.1) is 16.4 Å². The van der Waals surface area contributed by atoms with Crippen molar-refractivity contribution in [1.29, 1.82) is 0 Å². The van der Waals surface area contributed by atoms with E-state index in [4.69, 9.17) is 4.42 Å². The minimum Gasteiger partial charge on any atom is -0.439 e. The highest BCUT2D eigenvalue weighted by Crippen LogP contribution is 2.50. The van der Waals surface area contributed by atoms with Gasteiger partial charge in [0.2, 0.25) is 5.71 Å². The molecule has 0 bridgehead atoms. The molecular weight excluding hydrogens is 923 g/mol. The van der Waals surface area contributed by atoms with Crippen LogP contribution in [-0.4, -0.2) is 4.40 Å². The van der Waals surface area contributed by atoms with Crippen molar-refractivity contribution in [3.8, 4) is 33.4 Å². The molecule has 0 fully saturated rings. The van der Waals surface area contributed by atoms with Crippen LogP contribution in [0.15, 0.2) is 253 Å². The van der Waals surface area contributed by atoms with Gasteiger partial charge >= 0.3 is 0 Å². The van der Waals surface area contributed by atoms with Crippen LogP contribution in [0.1, 0.15) is 50.7 Å². The van der Waals surface area contributed by atoms with Crippen molar-refractivity contribution in [1.82, 2.24) is 4.40 Å². The third-order valence-electron chi connectivity index (χ3n) is 15.7. The Balaban J connectivity index is 1.01. The van der Waals surface area contributed by atoms with Crippen LogP contribution in [0.4, 0.5) is 34.1 Å². The molecule has 0 saturated heterocycles. The average molecular weight is 978 g/mol. The van der Waals surface area contributed by atoms with Crippen molar-refractivity contribution in [2.45, 2.75) is 39.5 Å². The number of aromatic nitrogens is 1. The van der Waals surface area contributed by atoms with Crippen LogP contribution >= 0.6 is 0 Å². The number of anilines is 6. The van der Waals surface area contributed by atoms with Crippen molar-refractivity contribution in [3.05, 3.63) is 260 Å². The van der Waals surface area contributed by atoms with E-state index in [1.807, 2.05) is 0 Å². The summed E-state index contributed by atoms with van der Waals surface area (Å²) in [6, 6.07) is 91.2. The molecule has 0 amide bonds. The molecule has 0 aliphatic carbocycles. The first-order valence-corrected chi connectivity index (χ1v) is 26.6. The summed E-state index contributed by atoms with van der Waals surface area (Å²) in [4.78, 5) is 4.80. The van der Waals surface area contributed by atoms with Gasteiger partial charge in [0.1, 0.15) is 5.58 Å². The maximum absolute atomic E-state index is 7.18. The van der Waals surface area contributed by atoms with E-state index in [-0.39, 0.29) is 0 Å². The van der Waals surface area contributed by atoms with Gasteiger partial charge in [0, 0.05) is 55.7 Å². The second kappa shape index (κ2) is 18.2. The van der Waals surface area contributed by atoms with E-state index in [9.17, 15) is 0 Å². The van der Waals surface area contributed by atoms with Crippen molar-refractivity contribution in [2.75, 3.05) is 9.80 Å². The molecule has 0 atom stereocenters. The maximum Gasteiger partial charge on any atom is 0.213 e. The molecule has 0 radical (unpaired) electrons. The summed E-state index contributed by atoms with van der Waals surface area (Å²) >= 11 is 0. The van der Waals surface area contributed by atoms with Gasteiger partial charge in [-0.25, -0.2) is 0 Å². The van der Waals surface area contributed by atoms with Crippen molar-refractivity contribution >= 4 is 94.2 Å². The number of furan rings is 1. The van der Waals surface area contributed by atoms with E-state index < -0.39 is 0 Å². The van der Waals surface area contributed by atoms with Crippen LogP contribution in [-0.2, 0) is 0 Å². The Kier molecular flexibility index (Phi) is 10.9. The molecule has 3 heterocycles. The van der Waals surface area contributed by atoms with Gasteiger partial charge in [-0.1, -0.05) is 185 Å². The molecule has 0 saturated carbocycles. The summed E-state index contributed by atoms with van der Waals surface area (Å²) in [6.07, 6.45) is 0. The topological polar surface area (TPSA) is 24.0 Å². The lowest BCUT2D eigenvalue weighted by atomic mass is 9.97. The fourth-order valence-corrected chi connectivity index (χ4v) is 11.7. The molecule has 11 aromatic carbocycles. The molecule has 364 valence electrons. The zero-order valence-corrected chi connectivity index (χ0v) is 43.1. The van der Waals surface area contributed by atoms with E-state index in [1.54, 1.807) is 0 Å². The normalized spacial score (nSPS) is 11.9. The summed E-state index contributed by atoms with van der Waals surface area (Å²) < 4.78 is 9.60. The summed E-state index contributed by atoms with van der Waals surface area (Å²) in [5.74, 6) is 0.852. The lowest BCUT2D eigenvalue weighted by molar-refractivity contribution is 0.652. The Bertz CT molecular complexity index is 4400. The predicted octanol–water partition coefficient (Wildman–Crippen LogP) is 20.9. The molecule has 3 aromatic heterocycles. The molecule has 0 spiro atoms. The molecule has 14 rings (SSSR count). The standard InChI is InChI=1S/C72H55N3O/c1-46(2)48-20-30-57(31-21-48)73(59-34-24-53(25-35-59)50-14-8-5-9-15-50)61-38-28-56-43-65-63-40-39-62(74(58-32-22-49(23-33-58)47(3)4)60-36-26-54(27-37-60)51-16-10-6-11-17-51)45-67(63)75-71(65)69(64(56)44-61)70-66-42-55(52-18-12-7-13-19-52)29-41-68(66)76-72(70)75/h5-47H,1-4H3. The highest BCUT2D eigenvalue weighted by molar-refractivity contribution is 6.35. The Morgan fingerprint density at radius 3 is 1.28 bits per heavy atom. The number of benzene rings is 11. The van der Waals surface area contributed by atoms with Crippen molar-refractivity contribution < 1.29 is 4.42 Å². The zero-order chi connectivity index (χ0) is 51.0. The monoisotopic (exact) mass is 977 g/mol. The SMILES string of the molecule is CC(C)c1ccc(N(c2ccc(-c3ccccc3)cc2)c2ccc3cc4c5ccc(N(c6ccc(-c7ccccc7)cc6)c6ccc(C(C)C)cc6)cc5n5c6oc7ccc(-c8ccccc8)cc7c6c(c3c2)c45)cc1. The van der Waals surface area contributed by atoms with Crippen LogP contribution in [0.25, 0.3) is 93.4 Å². The first-order chi connectivity index (χ1) is 37.3. The van der Waals surface area contributed by atoms with E-state index in [2.05, 4.69) is 291 Å². The molecule has 0 aliphatic heterocycles. The van der Waals surface area contributed by atoms with Crippen LogP contribution in [0.3, 0.4) is 0 Å². The Morgan fingerprint density at radius 1 is 0.329 bits per heavy atom. The average Bonchev–Trinajstić information content (AvgIpc) is 4.30. The molecule has 4 nitrogen and oxygen atoms in total. The van der Waals surface area contributed by atoms with Gasteiger partial charge in [-0.3, -0.25) is 4.40 Å². The molecular formula is C72H55N3O. The van der Waals surface area contributed by atoms with Crippen LogP contribution in [0.2, 0.25) is 0 Å². The quantitative estimate of drug-likeness (QED) is 0.129. The fraction of sp³-hybridized carbons (Fsp3) is 0.0833. The lowest BCUT2D eigenvalue weighted by Crippen LogP contribution is -2.10. The highest BCUT2D eigenvalue weighted by atomic mass is 16.3. The van der Waals surface area contributed by atoms with Crippen LogP contribution in [0, 0.1) is 0 Å². The number of nitrogens with zero attached hydrogens (tertiary/aromatic N) is 3. The number of fused-ring (bicyclic) bond motifs is 10. The zero-order valence-electron chi connectivity index (χ0n) is 43.1. The highest BCUT2D eigenvalue weighted by Gasteiger charge is 2.27. The minimum absolute atomic E-state index is 0.426. The molecule has 0 N–H and O–H groups in total. The van der Waals surface area contributed by atoms with E-state index in [0.29, 0.717) is 11.8 Å². The van der Waals surface area contributed by atoms with Gasteiger partial charge in [-0.2, -0.15) is 0 Å². The number of hydrogen-bond donors (Lipinski definition) is 0. The third-order valence-corrected chi connectivity index (χ3v) is 15.7. The van der Waals surface area contributed by atoms with Crippen molar-refractivity contribution in [3.63, 3.8) is 0 Å². The molecule has 4 heteroatoms. The van der Waals surface area contributed by atoms with Gasteiger partial charge in [-0.05, 0) is 158 Å². The van der Waals surface area contributed by atoms with Crippen molar-refractivity contribution in [2.24, 2.45) is 0 Å². The second-order valence-electron chi connectivity index (χ2n) is 20.9. The number of hydrogen-bond acceptors (Lipinski definition) is 3. The van der Waals surface area contributed by atoms with E-state index >= 15 is 0 Å². The third kappa shape index (κ3) is 7.59. The summed E-state index contributed by atoms with van der Waals surface area (Å²) in [6.45, 7) is 9.02. The fourth-order valence-electron chi connectivity index (χ4n) is 11.7. The van der Waals surface area contributed by atoms with Gasteiger partial charge < -0.3 is 14.2 Å². The first kappa shape index (κ1) is 45.3. The van der Waals surface area contributed by atoms with Gasteiger partial charge in [-0.15, -0.1) is 0 Å². The molecule has 0 aliphatic rings. The number of rotatable bonds is 11.